The molecule has 0 saturated carbocycles. The summed E-state index contributed by atoms with van der Waals surface area (Å²) in [5, 5.41) is 3.01. The minimum absolute atomic E-state index is 0.00873. The van der Waals surface area contributed by atoms with E-state index in [-0.39, 0.29) is 35.4 Å². The third kappa shape index (κ3) is 3.51. The second-order valence-corrected chi connectivity index (χ2v) is 9.20. The molecule has 0 spiro atoms. The van der Waals surface area contributed by atoms with Gasteiger partial charge in [-0.1, -0.05) is 50.3 Å². The SMILES string of the molecule is CCC1C=C2C(=O)C=C[C@@]3(OC)Oc4ccc(C(=O)NCc5ccccc5)cc4C([C@@H]1C)[C@@H]23. The van der Waals surface area contributed by atoms with Crippen LogP contribution in [0.15, 0.2) is 72.3 Å². The number of benzene rings is 2. The molecule has 1 N–H and O–H groups in total. The van der Waals surface area contributed by atoms with E-state index in [0.717, 1.165) is 23.1 Å². The molecular formula is C28H29NO4. The van der Waals surface area contributed by atoms with Crippen LogP contribution >= 0.6 is 0 Å². The van der Waals surface area contributed by atoms with E-state index < -0.39 is 5.79 Å². The lowest BCUT2D eigenvalue weighted by molar-refractivity contribution is -0.179. The zero-order chi connectivity index (χ0) is 23.2. The smallest absolute Gasteiger partial charge is 0.251 e. The van der Waals surface area contributed by atoms with Crippen molar-refractivity contribution in [3.63, 3.8) is 0 Å². The van der Waals surface area contributed by atoms with Crippen molar-refractivity contribution < 1.29 is 19.1 Å². The average molecular weight is 444 g/mol. The van der Waals surface area contributed by atoms with E-state index in [2.05, 4.69) is 25.2 Å². The number of carbonyl (C=O) groups is 2. The van der Waals surface area contributed by atoms with Crippen LogP contribution in [0.3, 0.4) is 0 Å². The Morgan fingerprint density at radius 1 is 1.18 bits per heavy atom. The molecule has 0 radical (unpaired) electrons. The molecule has 1 aliphatic heterocycles. The largest absolute Gasteiger partial charge is 0.458 e. The third-order valence-corrected chi connectivity index (χ3v) is 7.50. The number of hydrogen-bond acceptors (Lipinski definition) is 4. The number of allylic oxidation sites excluding steroid dienone is 2. The highest BCUT2D eigenvalue weighted by atomic mass is 16.7. The van der Waals surface area contributed by atoms with Crippen molar-refractivity contribution in [3.05, 3.63) is 89.0 Å². The zero-order valence-electron chi connectivity index (χ0n) is 19.2. The van der Waals surface area contributed by atoms with Gasteiger partial charge < -0.3 is 14.8 Å². The molecule has 5 nitrogen and oxygen atoms in total. The Kier molecular flexibility index (Phi) is 5.45. The molecule has 2 aromatic carbocycles. The van der Waals surface area contributed by atoms with Gasteiger partial charge in [-0.3, -0.25) is 9.59 Å². The van der Waals surface area contributed by atoms with Crippen molar-refractivity contribution in [1.82, 2.24) is 5.32 Å². The van der Waals surface area contributed by atoms with Gasteiger partial charge in [0.1, 0.15) is 5.75 Å². The summed E-state index contributed by atoms with van der Waals surface area (Å²) in [7, 11) is 1.63. The Balaban J connectivity index is 1.53. The van der Waals surface area contributed by atoms with Gasteiger partial charge in [0, 0.05) is 30.7 Å². The van der Waals surface area contributed by atoms with Crippen molar-refractivity contribution in [3.8, 4) is 5.75 Å². The standard InChI is InChI=1S/C28H29NO4/c1-4-19-14-21-23(30)12-13-28(32-3)26(21)25(17(19)2)22-15-20(10-11-24(22)33-28)27(31)29-16-18-8-6-5-7-9-18/h5-15,17,19,25-26H,4,16H2,1-3H3,(H,29,31)/t17-,19?,25?,26-,28-/m1/s1. The molecule has 1 amide bonds. The molecule has 3 aliphatic rings. The van der Waals surface area contributed by atoms with Crippen LogP contribution in [0.4, 0.5) is 0 Å². The summed E-state index contributed by atoms with van der Waals surface area (Å²) in [5.41, 5.74) is 3.37. The first-order valence-corrected chi connectivity index (χ1v) is 11.6. The molecule has 0 aromatic heterocycles. The molecule has 33 heavy (non-hydrogen) atoms. The second kappa shape index (κ2) is 8.31. The van der Waals surface area contributed by atoms with Crippen LogP contribution in [-0.4, -0.2) is 24.6 Å². The first-order chi connectivity index (χ1) is 16.0. The van der Waals surface area contributed by atoms with Crippen molar-refractivity contribution >= 4 is 11.7 Å². The fraction of sp³-hybridized carbons (Fsp3) is 0.357. The normalized spacial score (nSPS) is 29.4. The van der Waals surface area contributed by atoms with Crippen molar-refractivity contribution in [1.29, 1.82) is 0 Å². The lowest BCUT2D eigenvalue weighted by Gasteiger charge is -2.52. The van der Waals surface area contributed by atoms with Gasteiger partial charge in [0.25, 0.3) is 5.91 Å². The number of carbonyl (C=O) groups excluding carboxylic acids is 2. The van der Waals surface area contributed by atoms with E-state index in [1.54, 1.807) is 25.3 Å². The number of rotatable bonds is 5. The van der Waals surface area contributed by atoms with Crippen molar-refractivity contribution in [2.24, 2.45) is 17.8 Å². The summed E-state index contributed by atoms with van der Waals surface area (Å²) in [5.74, 6) is -0.109. The van der Waals surface area contributed by atoms with Crippen LogP contribution in [0.1, 0.15) is 47.7 Å². The van der Waals surface area contributed by atoms with Crippen LogP contribution in [0, 0.1) is 17.8 Å². The van der Waals surface area contributed by atoms with Gasteiger partial charge in [-0.25, -0.2) is 0 Å². The fourth-order valence-electron chi connectivity index (χ4n) is 5.73. The first kappa shape index (κ1) is 21.7. The Morgan fingerprint density at radius 3 is 2.70 bits per heavy atom. The number of ether oxygens (including phenoxy) is 2. The number of nitrogens with one attached hydrogen (secondary N) is 1. The monoisotopic (exact) mass is 443 g/mol. The van der Waals surface area contributed by atoms with Gasteiger partial charge in [-0.2, -0.15) is 0 Å². The van der Waals surface area contributed by atoms with Gasteiger partial charge >= 0.3 is 0 Å². The van der Waals surface area contributed by atoms with E-state index in [1.165, 1.54) is 0 Å². The number of ketones is 1. The highest BCUT2D eigenvalue weighted by Gasteiger charge is 2.57. The predicted molar refractivity (Wildman–Crippen MR) is 126 cm³/mol. The van der Waals surface area contributed by atoms with Crippen LogP contribution in [-0.2, 0) is 16.1 Å². The summed E-state index contributed by atoms with van der Waals surface area (Å²) in [6, 6.07) is 15.4. The lowest BCUT2D eigenvalue weighted by Crippen LogP contribution is -2.56. The molecule has 2 aromatic rings. The molecule has 0 saturated heterocycles. The first-order valence-electron chi connectivity index (χ1n) is 11.6. The van der Waals surface area contributed by atoms with Crippen LogP contribution in [0.5, 0.6) is 5.75 Å². The summed E-state index contributed by atoms with van der Waals surface area (Å²) >= 11 is 0. The Bertz CT molecular complexity index is 1150. The Hall–Kier alpha value is -3.18. The summed E-state index contributed by atoms with van der Waals surface area (Å²) in [4.78, 5) is 25.8. The summed E-state index contributed by atoms with van der Waals surface area (Å²) in [6.45, 7) is 4.85. The van der Waals surface area contributed by atoms with E-state index in [0.29, 0.717) is 17.9 Å². The van der Waals surface area contributed by atoms with Gasteiger partial charge in [0.2, 0.25) is 5.79 Å². The minimum atomic E-state index is -1.01. The van der Waals surface area contributed by atoms with E-state index in [4.69, 9.17) is 9.47 Å². The Morgan fingerprint density at radius 2 is 1.97 bits per heavy atom. The molecule has 2 unspecified atom stereocenters. The van der Waals surface area contributed by atoms with Crippen LogP contribution < -0.4 is 10.1 Å². The van der Waals surface area contributed by atoms with Gasteiger partial charge in [0.05, 0.1) is 5.92 Å². The highest BCUT2D eigenvalue weighted by molar-refractivity contribution is 6.06. The minimum Gasteiger partial charge on any atom is -0.458 e. The molecule has 0 fully saturated rings. The maximum Gasteiger partial charge on any atom is 0.251 e. The number of fused-ring (bicyclic) bond motifs is 2. The van der Waals surface area contributed by atoms with Gasteiger partial charge in [-0.05, 0) is 59.7 Å². The van der Waals surface area contributed by atoms with Crippen molar-refractivity contribution in [2.45, 2.75) is 38.5 Å². The molecule has 170 valence electrons. The second-order valence-electron chi connectivity index (χ2n) is 9.20. The molecular weight excluding hydrogens is 414 g/mol. The van der Waals surface area contributed by atoms with E-state index in [9.17, 15) is 9.59 Å². The summed E-state index contributed by atoms with van der Waals surface area (Å²) < 4.78 is 12.3. The molecule has 1 heterocycles. The molecule has 2 aliphatic carbocycles. The molecule has 0 bridgehead atoms. The van der Waals surface area contributed by atoms with Gasteiger partial charge in [0.15, 0.2) is 5.78 Å². The fourth-order valence-corrected chi connectivity index (χ4v) is 5.73. The molecule has 5 rings (SSSR count). The number of amides is 1. The third-order valence-electron chi connectivity index (χ3n) is 7.50. The van der Waals surface area contributed by atoms with E-state index in [1.807, 2.05) is 42.5 Å². The van der Waals surface area contributed by atoms with Crippen LogP contribution in [0.2, 0.25) is 0 Å². The predicted octanol–water partition coefficient (Wildman–Crippen LogP) is 4.79. The van der Waals surface area contributed by atoms with E-state index >= 15 is 0 Å². The number of methoxy groups -OCH3 is 1. The molecule has 5 atom stereocenters. The topological polar surface area (TPSA) is 64.6 Å². The maximum absolute atomic E-state index is 13.0. The summed E-state index contributed by atoms with van der Waals surface area (Å²) in [6.07, 6.45) is 6.39. The highest BCUT2D eigenvalue weighted by Crippen LogP contribution is 2.58. The lowest BCUT2D eigenvalue weighted by atomic mass is 9.59. The van der Waals surface area contributed by atoms with Crippen molar-refractivity contribution in [2.75, 3.05) is 7.11 Å². The average Bonchev–Trinajstić information content (AvgIpc) is 2.85. The zero-order valence-corrected chi connectivity index (χ0v) is 19.2. The maximum atomic E-state index is 13.0. The number of hydrogen-bond donors (Lipinski definition) is 1. The Labute approximate surface area is 194 Å². The quantitative estimate of drug-likeness (QED) is 0.722. The van der Waals surface area contributed by atoms with Gasteiger partial charge in [-0.15, -0.1) is 0 Å². The van der Waals surface area contributed by atoms with Crippen LogP contribution in [0.25, 0.3) is 0 Å². The molecule has 5 heteroatoms.